The molecule has 5 nitrogen and oxygen atoms in total. The Bertz CT molecular complexity index is 697. The number of carbonyl (C=O) groups is 1. The maximum absolute atomic E-state index is 12.0. The molecule has 5 heteroatoms. The fraction of sp³-hybridized carbons (Fsp3) is 0.188. The second-order valence-electron chi connectivity index (χ2n) is 4.79. The van der Waals surface area contributed by atoms with Gasteiger partial charge in [-0.15, -0.1) is 0 Å². The van der Waals surface area contributed by atoms with Crippen molar-refractivity contribution in [2.75, 3.05) is 11.9 Å². The van der Waals surface area contributed by atoms with Crippen molar-refractivity contribution >= 4 is 23.6 Å². The number of aliphatic imine (C=N–C) groups is 1. The van der Waals surface area contributed by atoms with Gasteiger partial charge in [0.15, 0.2) is 0 Å². The third-order valence-electron chi connectivity index (χ3n) is 3.43. The molecular formula is C16H15N3O2. The van der Waals surface area contributed by atoms with Crippen LogP contribution in [0.3, 0.4) is 0 Å². The molecule has 21 heavy (non-hydrogen) atoms. The van der Waals surface area contributed by atoms with E-state index >= 15 is 0 Å². The van der Waals surface area contributed by atoms with E-state index in [9.17, 15) is 4.79 Å². The Morgan fingerprint density at radius 2 is 2.14 bits per heavy atom. The fourth-order valence-corrected chi connectivity index (χ4v) is 2.38. The molecule has 1 unspecified atom stereocenters. The molecule has 0 saturated heterocycles. The Kier molecular flexibility index (Phi) is 3.75. The maximum atomic E-state index is 12.0. The zero-order valence-corrected chi connectivity index (χ0v) is 11.4. The Balaban J connectivity index is 1.89. The summed E-state index contributed by atoms with van der Waals surface area (Å²) in [5, 5.41) is 11.8. The maximum Gasteiger partial charge on any atom is 0.238 e. The van der Waals surface area contributed by atoms with E-state index in [0.29, 0.717) is 12.2 Å². The van der Waals surface area contributed by atoms with Gasteiger partial charge in [0.25, 0.3) is 0 Å². The number of benzene rings is 1. The Hall–Kier alpha value is -2.53. The van der Waals surface area contributed by atoms with Crippen LogP contribution >= 0.6 is 0 Å². The summed E-state index contributed by atoms with van der Waals surface area (Å²) in [6.07, 6.45) is 3.83. The predicted octanol–water partition coefficient (Wildman–Crippen LogP) is 2.05. The van der Waals surface area contributed by atoms with Crippen molar-refractivity contribution in [2.45, 2.75) is 12.3 Å². The van der Waals surface area contributed by atoms with Crippen molar-refractivity contribution in [3.05, 3.63) is 53.7 Å². The van der Waals surface area contributed by atoms with E-state index in [4.69, 9.17) is 5.11 Å². The molecule has 1 amide bonds. The van der Waals surface area contributed by atoms with Gasteiger partial charge in [-0.2, -0.15) is 0 Å². The molecular weight excluding hydrogens is 266 g/mol. The summed E-state index contributed by atoms with van der Waals surface area (Å²) in [5.41, 5.74) is 2.57. The molecule has 0 spiro atoms. The van der Waals surface area contributed by atoms with Gasteiger partial charge in [-0.3, -0.25) is 9.79 Å². The second-order valence-corrected chi connectivity index (χ2v) is 4.79. The van der Waals surface area contributed by atoms with Crippen molar-refractivity contribution in [1.29, 1.82) is 0 Å². The van der Waals surface area contributed by atoms with Crippen LogP contribution in [0.25, 0.3) is 0 Å². The van der Waals surface area contributed by atoms with Gasteiger partial charge in [-0.25, -0.2) is 4.98 Å². The number of para-hydroxylation sites is 1. The van der Waals surface area contributed by atoms with Crippen LogP contribution in [-0.4, -0.2) is 28.8 Å². The van der Waals surface area contributed by atoms with E-state index in [0.717, 1.165) is 16.8 Å². The van der Waals surface area contributed by atoms with Gasteiger partial charge in [0, 0.05) is 24.6 Å². The number of amides is 1. The molecule has 0 fully saturated rings. The summed E-state index contributed by atoms with van der Waals surface area (Å²) < 4.78 is 0. The Morgan fingerprint density at radius 3 is 3.00 bits per heavy atom. The first kappa shape index (κ1) is 13.5. The van der Waals surface area contributed by atoms with Crippen molar-refractivity contribution in [2.24, 2.45) is 4.99 Å². The molecule has 0 bridgehead atoms. The topological polar surface area (TPSA) is 74.6 Å². The van der Waals surface area contributed by atoms with Gasteiger partial charge in [0.2, 0.25) is 5.91 Å². The molecule has 1 aliphatic heterocycles. The van der Waals surface area contributed by atoms with E-state index in [1.807, 2.05) is 30.3 Å². The standard InChI is InChI=1S/C16H15N3O2/c20-9-7-11-4-1-2-6-14(11)18-10-13-12-5-3-8-17-15(12)19-16(13)21/h1-6,8,10,13,20H,7,9H2,(H,17,19,21). The van der Waals surface area contributed by atoms with Crippen LogP contribution in [0.4, 0.5) is 11.5 Å². The van der Waals surface area contributed by atoms with Crippen molar-refractivity contribution < 1.29 is 9.90 Å². The number of aliphatic hydroxyl groups excluding tert-OH is 1. The van der Waals surface area contributed by atoms with Gasteiger partial charge >= 0.3 is 0 Å². The van der Waals surface area contributed by atoms with Crippen molar-refractivity contribution in [3.63, 3.8) is 0 Å². The zero-order valence-electron chi connectivity index (χ0n) is 11.4. The van der Waals surface area contributed by atoms with E-state index in [1.54, 1.807) is 18.5 Å². The second kappa shape index (κ2) is 5.85. The number of nitrogens with zero attached hydrogens (tertiary/aromatic N) is 2. The molecule has 2 aromatic rings. The summed E-state index contributed by atoms with van der Waals surface area (Å²) in [5.74, 6) is 0.0607. The van der Waals surface area contributed by atoms with Gasteiger partial charge in [-0.05, 0) is 24.1 Å². The van der Waals surface area contributed by atoms with Crippen LogP contribution in [0.5, 0.6) is 0 Å². The third kappa shape index (κ3) is 2.68. The number of rotatable bonds is 4. The SMILES string of the molecule is O=C1Nc2ncccc2C1C=Nc1ccccc1CCO. The minimum atomic E-state index is -0.420. The molecule has 0 aliphatic carbocycles. The lowest BCUT2D eigenvalue weighted by Crippen LogP contribution is -2.13. The fourth-order valence-electron chi connectivity index (χ4n) is 2.38. The Morgan fingerprint density at radius 1 is 1.29 bits per heavy atom. The lowest BCUT2D eigenvalue weighted by molar-refractivity contribution is -0.115. The van der Waals surface area contributed by atoms with Crippen LogP contribution in [0.1, 0.15) is 17.0 Å². The van der Waals surface area contributed by atoms with Crippen LogP contribution in [0.15, 0.2) is 47.6 Å². The Labute approximate surface area is 122 Å². The van der Waals surface area contributed by atoms with E-state index in [2.05, 4.69) is 15.3 Å². The van der Waals surface area contributed by atoms with E-state index in [-0.39, 0.29) is 12.5 Å². The highest BCUT2D eigenvalue weighted by atomic mass is 16.3. The van der Waals surface area contributed by atoms with Gasteiger partial charge in [0.05, 0.1) is 5.69 Å². The lowest BCUT2D eigenvalue weighted by atomic mass is 10.0. The summed E-state index contributed by atoms with van der Waals surface area (Å²) in [6.45, 7) is 0.0726. The van der Waals surface area contributed by atoms with E-state index < -0.39 is 5.92 Å². The number of fused-ring (bicyclic) bond motifs is 1. The third-order valence-corrected chi connectivity index (χ3v) is 3.43. The highest BCUT2D eigenvalue weighted by Gasteiger charge is 2.29. The van der Waals surface area contributed by atoms with Crippen molar-refractivity contribution in [3.8, 4) is 0 Å². The van der Waals surface area contributed by atoms with Crippen molar-refractivity contribution in [1.82, 2.24) is 4.98 Å². The molecule has 1 aromatic heterocycles. The monoisotopic (exact) mass is 281 g/mol. The molecule has 3 rings (SSSR count). The molecule has 1 aliphatic rings. The van der Waals surface area contributed by atoms with Crippen LogP contribution < -0.4 is 5.32 Å². The minimum Gasteiger partial charge on any atom is -0.396 e. The normalized spacial score (nSPS) is 17.0. The smallest absolute Gasteiger partial charge is 0.238 e. The largest absolute Gasteiger partial charge is 0.396 e. The first-order valence-electron chi connectivity index (χ1n) is 6.78. The van der Waals surface area contributed by atoms with Crippen LogP contribution in [-0.2, 0) is 11.2 Å². The molecule has 2 heterocycles. The molecule has 2 N–H and O–H groups in total. The zero-order chi connectivity index (χ0) is 14.7. The van der Waals surface area contributed by atoms with Gasteiger partial charge in [0.1, 0.15) is 11.7 Å². The number of nitrogens with one attached hydrogen (secondary N) is 1. The lowest BCUT2D eigenvalue weighted by Gasteiger charge is -2.05. The summed E-state index contributed by atoms with van der Waals surface area (Å²) in [7, 11) is 0. The first-order valence-corrected chi connectivity index (χ1v) is 6.78. The average Bonchev–Trinajstić information content (AvgIpc) is 2.82. The number of anilines is 1. The average molecular weight is 281 g/mol. The number of aliphatic hydroxyl groups is 1. The molecule has 1 atom stereocenters. The summed E-state index contributed by atoms with van der Waals surface area (Å²) in [6, 6.07) is 11.3. The predicted molar refractivity (Wildman–Crippen MR) is 81.0 cm³/mol. The number of carbonyl (C=O) groups excluding carboxylic acids is 1. The van der Waals surface area contributed by atoms with Gasteiger partial charge < -0.3 is 10.4 Å². The quantitative estimate of drug-likeness (QED) is 0.842. The molecule has 0 radical (unpaired) electrons. The highest BCUT2D eigenvalue weighted by molar-refractivity contribution is 6.11. The number of pyridine rings is 1. The summed E-state index contributed by atoms with van der Waals surface area (Å²) >= 11 is 0. The number of hydrogen-bond acceptors (Lipinski definition) is 4. The summed E-state index contributed by atoms with van der Waals surface area (Å²) in [4.78, 5) is 20.5. The van der Waals surface area contributed by atoms with Gasteiger partial charge in [-0.1, -0.05) is 24.3 Å². The molecule has 106 valence electrons. The number of aromatic nitrogens is 1. The highest BCUT2D eigenvalue weighted by Crippen LogP contribution is 2.30. The first-order chi connectivity index (χ1) is 10.3. The number of hydrogen-bond donors (Lipinski definition) is 2. The minimum absolute atomic E-state index is 0.0726. The van der Waals surface area contributed by atoms with Crippen LogP contribution in [0.2, 0.25) is 0 Å². The molecule has 1 aromatic carbocycles. The van der Waals surface area contributed by atoms with Crippen LogP contribution in [0, 0.1) is 0 Å². The molecule has 0 saturated carbocycles. The van der Waals surface area contributed by atoms with E-state index in [1.165, 1.54) is 0 Å².